The first kappa shape index (κ1) is 11.7. The van der Waals surface area contributed by atoms with E-state index in [4.69, 9.17) is 4.42 Å². The van der Waals surface area contributed by atoms with Crippen molar-refractivity contribution in [2.45, 2.75) is 32.6 Å². The molecule has 3 aromatic rings. The zero-order valence-corrected chi connectivity index (χ0v) is 11.6. The highest BCUT2D eigenvalue weighted by atomic mass is 16.3. The minimum atomic E-state index is 0.728. The van der Waals surface area contributed by atoms with Gasteiger partial charge in [0.1, 0.15) is 5.52 Å². The van der Waals surface area contributed by atoms with Crippen molar-refractivity contribution in [3.63, 3.8) is 0 Å². The number of rotatable bonds is 1. The van der Waals surface area contributed by atoms with E-state index in [1.54, 1.807) is 0 Å². The van der Waals surface area contributed by atoms with E-state index in [0.29, 0.717) is 0 Å². The topological polar surface area (TPSA) is 26.0 Å². The summed E-state index contributed by atoms with van der Waals surface area (Å²) in [7, 11) is 0. The van der Waals surface area contributed by atoms with Crippen molar-refractivity contribution in [1.82, 2.24) is 4.98 Å². The molecule has 2 nitrogen and oxygen atoms in total. The Bertz CT molecular complexity index is 742. The van der Waals surface area contributed by atoms with Crippen LogP contribution in [0.4, 0.5) is 0 Å². The SMILES string of the molecule is Cc1cccc(-c2nc3cc4c(cc3o2)CCCC4)c1. The molecule has 20 heavy (non-hydrogen) atoms. The standard InChI is InChI=1S/C18H17NO/c1-12-5-4-8-15(9-12)18-19-16-10-13-6-2-3-7-14(13)11-17(16)20-18/h4-5,8-11H,2-3,6-7H2,1H3. The third-order valence-electron chi connectivity index (χ3n) is 4.12. The summed E-state index contributed by atoms with van der Waals surface area (Å²) in [4.78, 5) is 4.67. The fourth-order valence-electron chi connectivity index (χ4n) is 3.06. The van der Waals surface area contributed by atoms with Gasteiger partial charge < -0.3 is 4.42 Å². The summed E-state index contributed by atoms with van der Waals surface area (Å²) in [5.74, 6) is 0.728. The number of aromatic nitrogens is 1. The smallest absolute Gasteiger partial charge is 0.227 e. The Kier molecular flexibility index (Phi) is 2.62. The Labute approximate surface area is 118 Å². The monoisotopic (exact) mass is 263 g/mol. The maximum Gasteiger partial charge on any atom is 0.227 e. The summed E-state index contributed by atoms with van der Waals surface area (Å²) in [6.45, 7) is 2.09. The molecule has 2 heteroatoms. The lowest BCUT2D eigenvalue weighted by Gasteiger charge is -2.14. The first-order valence-electron chi connectivity index (χ1n) is 7.29. The minimum Gasteiger partial charge on any atom is -0.436 e. The molecule has 1 aliphatic rings. The Hall–Kier alpha value is -2.09. The second-order valence-corrected chi connectivity index (χ2v) is 5.68. The molecule has 0 atom stereocenters. The number of nitrogens with zero attached hydrogens (tertiary/aromatic N) is 1. The van der Waals surface area contributed by atoms with E-state index in [1.165, 1.54) is 42.4 Å². The van der Waals surface area contributed by atoms with Crippen LogP contribution in [0.1, 0.15) is 29.5 Å². The number of hydrogen-bond donors (Lipinski definition) is 0. The number of fused-ring (bicyclic) bond motifs is 2. The molecule has 1 aliphatic carbocycles. The molecule has 0 saturated heterocycles. The van der Waals surface area contributed by atoms with E-state index in [-0.39, 0.29) is 0 Å². The van der Waals surface area contributed by atoms with Gasteiger partial charge in [-0.15, -0.1) is 0 Å². The number of benzene rings is 2. The fraction of sp³-hybridized carbons (Fsp3) is 0.278. The Morgan fingerprint density at radius 2 is 1.80 bits per heavy atom. The van der Waals surface area contributed by atoms with Gasteiger partial charge in [0.2, 0.25) is 5.89 Å². The van der Waals surface area contributed by atoms with Crippen molar-refractivity contribution < 1.29 is 4.42 Å². The molecule has 4 rings (SSSR count). The van der Waals surface area contributed by atoms with Gasteiger partial charge in [-0.1, -0.05) is 17.7 Å². The van der Waals surface area contributed by atoms with Crippen LogP contribution in [0.2, 0.25) is 0 Å². The summed E-state index contributed by atoms with van der Waals surface area (Å²) in [5.41, 5.74) is 7.08. The molecule has 1 heterocycles. The Morgan fingerprint density at radius 3 is 2.60 bits per heavy atom. The highest BCUT2D eigenvalue weighted by Crippen LogP contribution is 2.30. The first-order valence-corrected chi connectivity index (χ1v) is 7.29. The molecule has 0 saturated carbocycles. The van der Waals surface area contributed by atoms with Gasteiger partial charge in [-0.2, -0.15) is 0 Å². The van der Waals surface area contributed by atoms with Crippen molar-refractivity contribution in [1.29, 1.82) is 0 Å². The predicted octanol–water partition coefficient (Wildman–Crippen LogP) is 4.68. The van der Waals surface area contributed by atoms with Gasteiger partial charge >= 0.3 is 0 Å². The lowest BCUT2D eigenvalue weighted by atomic mass is 9.91. The first-order chi connectivity index (χ1) is 9.79. The van der Waals surface area contributed by atoms with E-state index in [0.717, 1.165) is 22.6 Å². The molecule has 0 aliphatic heterocycles. The average molecular weight is 263 g/mol. The van der Waals surface area contributed by atoms with Crippen molar-refractivity contribution in [3.05, 3.63) is 53.1 Å². The zero-order chi connectivity index (χ0) is 13.5. The molecule has 0 radical (unpaired) electrons. The van der Waals surface area contributed by atoms with Crippen molar-refractivity contribution in [2.24, 2.45) is 0 Å². The van der Waals surface area contributed by atoms with Gasteiger partial charge in [-0.3, -0.25) is 0 Å². The lowest BCUT2D eigenvalue weighted by Crippen LogP contribution is -2.01. The minimum absolute atomic E-state index is 0.728. The quantitative estimate of drug-likeness (QED) is 0.637. The van der Waals surface area contributed by atoms with Crippen molar-refractivity contribution in [2.75, 3.05) is 0 Å². The van der Waals surface area contributed by atoms with Gasteiger partial charge in [-0.25, -0.2) is 4.98 Å². The second-order valence-electron chi connectivity index (χ2n) is 5.68. The van der Waals surface area contributed by atoms with Crippen LogP contribution in [0.3, 0.4) is 0 Å². The van der Waals surface area contributed by atoms with Crippen molar-refractivity contribution >= 4 is 11.1 Å². The van der Waals surface area contributed by atoms with Gasteiger partial charge in [-0.05, 0) is 68.0 Å². The summed E-state index contributed by atoms with van der Waals surface area (Å²) in [6, 6.07) is 12.7. The second kappa shape index (κ2) is 4.48. The van der Waals surface area contributed by atoms with Crippen LogP contribution in [0.25, 0.3) is 22.6 Å². The van der Waals surface area contributed by atoms with E-state index >= 15 is 0 Å². The lowest BCUT2D eigenvalue weighted by molar-refractivity contribution is 0.617. The third-order valence-corrected chi connectivity index (χ3v) is 4.12. The van der Waals surface area contributed by atoms with E-state index in [9.17, 15) is 0 Å². The van der Waals surface area contributed by atoms with Gasteiger partial charge in [0.25, 0.3) is 0 Å². The van der Waals surface area contributed by atoms with Crippen LogP contribution in [0, 0.1) is 6.92 Å². The molecular weight excluding hydrogens is 246 g/mol. The van der Waals surface area contributed by atoms with Crippen LogP contribution in [0.5, 0.6) is 0 Å². The molecule has 1 aromatic heterocycles. The molecule has 2 aromatic carbocycles. The van der Waals surface area contributed by atoms with E-state index < -0.39 is 0 Å². The average Bonchev–Trinajstić information content (AvgIpc) is 2.87. The molecular formula is C18H17NO. The number of oxazole rings is 1. The largest absolute Gasteiger partial charge is 0.436 e. The van der Waals surface area contributed by atoms with E-state index in [2.05, 4.69) is 42.2 Å². The van der Waals surface area contributed by atoms with Crippen LogP contribution < -0.4 is 0 Å². The Morgan fingerprint density at radius 1 is 1.00 bits per heavy atom. The summed E-state index contributed by atoms with van der Waals surface area (Å²) in [6.07, 6.45) is 4.93. The van der Waals surface area contributed by atoms with Gasteiger partial charge in [0.15, 0.2) is 5.58 Å². The Balaban J connectivity index is 1.86. The van der Waals surface area contributed by atoms with Crippen LogP contribution in [-0.4, -0.2) is 4.98 Å². The molecule has 100 valence electrons. The summed E-state index contributed by atoms with van der Waals surface area (Å²) < 4.78 is 5.96. The molecule has 0 amide bonds. The molecule has 0 bridgehead atoms. The molecule has 0 N–H and O–H groups in total. The zero-order valence-electron chi connectivity index (χ0n) is 11.6. The van der Waals surface area contributed by atoms with Crippen LogP contribution in [0.15, 0.2) is 40.8 Å². The molecule has 0 spiro atoms. The van der Waals surface area contributed by atoms with Crippen molar-refractivity contribution in [3.8, 4) is 11.5 Å². The van der Waals surface area contributed by atoms with Gasteiger partial charge in [0, 0.05) is 5.56 Å². The summed E-state index contributed by atoms with van der Waals surface area (Å²) in [5, 5.41) is 0. The van der Waals surface area contributed by atoms with Gasteiger partial charge in [0.05, 0.1) is 0 Å². The van der Waals surface area contributed by atoms with E-state index in [1.807, 2.05) is 6.07 Å². The maximum absolute atomic E-state index is 5.96. The molecule has 0 unspecified atom stereocenters. The normalized spacial score (nSPS) is 14.4. The van der Waals surface area contributed by atoms with Crippen LogP contribution >= 0.6 is 0 Å². The highest BCUT2D eigenvalue weighted by molar-refractivity contribution is 5.78. The molecule has 0 fully saturated rings. The summed E-state index contributed by atoms with van der Waals surface area (Å²) >= 11 is 0. The number of hydrogen-bond acceptors (Lipinski definition) is 2. The predicted molar refractivity (Wildman–Crippen MR) is 80.8 cm³/mol. The third kappa shape index (κ3) is 1.92. The number of aryl methyl sites for hydroxylation is 3. The highest BCUT2D eigenvalue weighted by Gasteiger charge is 2.14. The maximum atomic E-state index is 5.96. The fourth-order valence-corrected chi connectivity index (χ4v) is 3.06. The van der Waals surface area contributed by atoms with Crippen LogP contribution in [-0.2, 0) is 12.8 Å².